The van der Waals surface area contributed by atoms with Gasteiger partial charge in [0, 0.05) is 11.6 Å². The minimum absolute atomic E-state index is 0.454. The van der Waals surface area contributed by atoms with Gasteiger partial charge in [0.05, 0.1) is 0 Å². The van der Waals surface area contributed by atoms with Crippen molar-refractivity contribution in [3.05, 3.63) is 23.2 Å². The monoisotopic (exact) mass is 237 g/mol. The Morgan fingerprint density at radius 1 is 1.24 bits per heavy atom. The summed E-state index contributed by atoms with van der Waals surface area (Å²) in [5, 5.41) is 3.64. The van der Waals surface area contributed by atoms with Crippen molar-refractivity contribution in [3.8, 4) is 0 Å². The molecule has 2 heteroatoms. The lowest BCUT2D eigenvalue weighted by Gasteiger charge is -2.19. The molecule has 1 heterocycles. The first-order valence-corrected chi connectivity index (χ1v) is 6.84. The van der Waals surface area contributed by atoms with Gasteiger partial charge in [0.2, 0.25) is 0 Å². The third-order valence-electron chi connectivity index (χ3n) is 3.13. The fourth-order valence-electron chi connectivity index (χ4n) is 2.18. The Balaban J connectivity index is 2.70. The summed E-state index contributed by atoms with van der Waals surface area (Å²) in [6, 6.07) is 2.64. The molecule has 1 unspecified atom stereocenters. The van der Waals surface area contributed by atoms with E-state index >= 15 is 0 Å². The minimum atomic E-state index is 0.454. The Hall–Kier alpha value is -0.760. The summed E-state index contributed by atoms with van der Waals surface area (Å²) in [4.78, 5) is 0. The molecule has 2 nitrogen and oxygen atoms in total. The van der Waals surface area contributed by atoms with Crippen LogP contribution < -0.4 is 5.32 Å². The van der Waals surface area contributed by atoms with Crippen molar-refractivity contribution in [1.29, 1.82) is 0 Å². The molecule has 1 aromatic rings. The molecule has 0 aliphatic heterocycles. The Bertz CT molecular complexity index is 328. The van der Waals surface area contributed by atoms with E-state index in [9.17, 15) is 0 Å². The Morgan fingerprint density at radius 2 is 1.94 bits per heavy atom. The highest BCUT2D eigenvalue weighted by Crippen LogP contribution is 2.26. The second kappa shape index (κ2) is 6.85. The van der Waals surface area contributed by atoms with Gasteiger partial charge in [0.25, 0.3) is 0 Å². The highest BCUT2D eigenvalue weighted by atomic mass is 16.3. The van der Waals surface area contributed by atoms with Gasteiger partial charge in [-0.3, -0.25) is 0 Å². The number of hydrogen-bond acceptors (Lipinski definition) is 2. The van der Waals surface area contributed by atoms with Gasteiger partial charge < -0.3 is 9.73 Å². The molecular weight excluding hydrogens is 210 g/mol. The van der Waals surface area contributed by atoms with Crippen molar-refractivity contribution in [2.45, 2.75) is 59.9 Å². The first-order chi connectivity index (χ1) is 8.04. The number of rotatable bonds is 7. The molecule has 0 amide bonds. The van der Waals surface area contributed by atoms with E-state index in [2.05, 4.69) is 39.1 Å². The maximum atomic E-state index is 5.64. The van der Waals surface area contributed by atoms with Crippen LogP contribution in [-0.4, -0.2) is 6.54 Å². The molecule has 0 fully saturated rings. The van der Waals surface area contributed by atoms with Crippen molar-refractivity contribution in [2.24, 2.45) is 5.92 Å². The van der Waals surface area contributed by atoms with Crippen molar-refractivity contribution in [2.75, 3.05) is 6.54 Å². The summed E-state index contributed by atoms with van der Waals surface area (Å²) in [5.74, 6) is 2.85. The molecular formula is C15H27NO. The lowest BCUT2D eigenvalue weighted by molar-refractivity contribution is 0.430. The number of aryl methyl sites for hydroxylation is 2. The fraction of sp³-hybridized carbons (Fsp3) is 0.733. The first kappa shape index (κ1) is 14.3. The molecule has 0 aliphatic rings. The van der Waals surface area contributed by atoms with Gasteiger partial charge in [0.1, 0.15) is 11.5 Å². The standard InChI is InChI=1S/C15H27NO/c1-6-9-16-15(8-7-11(2)3)14-10-12(4)17-13(14)5/h10-11,15-16H,6-9H2,1-5H3. The second-order valence-corrected chi connectivity index (χ2v) is 5.35. The fourth-order valence-corrected chi connectivity index (χ4v) is 2.18. The average molecular weight is 237 g/mol. The second-order valence-electron chi connectivity index (χ2n) is 5.35. The lowest BCUT2D eigenvalue weighted by atomic mass is 9.97. The minimum Gasteiger partial charge on any atom is -0.466 e. The topological polar surface area (TPSA) is 25.2 Å². The molecule has 0 bridgehead atoms. The molecule has 0 radical (unpaired) electrons. The van der Waals surface area contributed by atoms with E-state index in [0.29, 0.717) is 6.04 Å². The van der Waals surface area contributed by atoms with E-state index in [1.54, 1.807) is 0 Å². The van der Waals surface area contributed by atoms with Gasteiger partial charge >= 0.3 is 0 Å². The molecule has 0 saturated heterocycles. The van der Waals surface area contributed by atoms with Gasteiger partial charge in [0.15, 0.2) is 0 Å². The molecule has 17 heavy (non-hydrogen) atoms. The SMILES string of the molecule is CCCNC(CCC(C)C)c1cc(C)oc1C. The number of hydrogen-bond donors (Lipinski definition) is 1. The molecule has 0 aliphatic carbocycles. The third kappa shape index (κ3) is 4.55. The van der Waals surface area contributed by atoms with Crippen LogP contribution in [-0.2, 0) is 0 Å². The highest BCUT2D eigenvalue weighted by molar-refractivity contribution is 5.24. The van der Waals surface area contributed by atoms with Gasteiger partial charge in [-0.15, -0.1) is 0 Å². The zero-order valence-corrected chi connectivity index (χ0v) is 12.0. The zero-order valence-electron chi connectivity index (χ0n) is 12.0. The predicted octanol–water partition coefficient (Wildman–Crippen LogP) is 4.37. The van der Waals surface area contributed by atoms with Gasteiger partial charge in [-0.25, -0.2) is 0 Å². The lowest BCUT2D eigenvalue weighted by Crippen LogP contribution is -2.22. The van der Waals surface area contributed by atoms with Gasteiger partial charge in [-0.05, 0) is 51.6 Å². The molecule has 1 N–H and O–H groups in total. The maximum absolute atomic E-state index is 5.64. The van der Waals surface area contributed by atoms with E-state index in [0.717, 1.165) is 24.0 Å². The summed E-state index contributed by atoms with van der Waals surface area (Å²) < 4.78 is 5.64. The van der Waals surface area contributed by atoms with Crippen LogP contribution in [0.5, 0.6) is 0 Å². The van der Waals surface area contributed by atoms with Crippen molar-refractivity contribution < 1.29 is 4.42 Å². The van der Waals surface area contributed by atoms with E-state index < -0.39 is 0 Å². The van der Waals surface area contributed by atoms with Gasteiger partial charge in [-0.1, -0.05) is 20.8 Å². The summed E-state index contributed by atoms with van der Waals surface area (Å²) in [5.41, 5.74) is 1.34. The summed E-state index contributed by atoms with van der Waals surface area (Å²) in [7, 11) is 0. The van der Waals surface area contributed by atoms with Crippen LogP contribution >= 0.6 is 0 Å². The van der Waals surface area contributed by atoms with E-state index in [1.165, 1.54) is 24.8 Å². The highest BCUT2D eigenvalue weighted by Gasteiger charge is 2.16. The van der Waals surface area contributed by atoms with Gasteiger partial charge in [-0.2, -0.15) is 0 Å². The van der Waals surface area contributed by atoms with Crippen LogP contribution in [0.25, 0.3) is 0 Å². The Morgan fingerprint density at radius 3 is 2.41 bits per heavy atom. The van der Waals surface area contributed by atoms with E-state index in [1.807, 2.05) is 6.92 Å². The molecule has 0 spiro atoms. The largest absolute Gasteiger partial charge is 0.466 e. The quantitative estimate of drug-likeness (QED) is 0.761. The molecule has 1 rings (SSSR count). The van der Waals surface area contributed by atoms with Crippen LogP contribution in [0.2, 0.25) is 0 Å². The Labute approximate surface area is 106 Å². The number of furan rings is 1. The van der Waals surface area contributed by atoms with Crippen molar-refractivity contribution in [1.82, 2.24) is 5.32 Å². The predicted molar refractivity (Wildman–Crippen MR) is 73.3 cm³/mol. The third-order valence-corrected chi connectivity index (χ3v) is 3.13. The van der Waals surface area contributed by atoms with E-state index in [4.69, 9.17) is 4.42 Å². The number of nitrogens with one attached hydrogen (secondary N) is 1. The molecule has 1 atom stereocenters. The zero-order chi connectivity index (χ0) is 12.8. The smallest absolute Gasteiger partial charge is 0.105 e. The molecule has 98 valence electrons. The maximum Gasteiger partial charge on any atom is 0.105 e. The molecule has 0 saturated carbocycles. The van der Waals surface area contributed by atoms with Crippen LogP contribution in [0.15, 0.2) is 10.5 Å². The first-order valence-electron chi connectivity index (χ1n) is 6.84. The van der Waals surface area contributed by atoms with Crippen molar-refractivity contribution in [3.63, 3.8) is 0 Å². The van der Waals surface area contributed by atoms with Crippen LogP contribution in [0.3, 0.4) is 0 Å². The molecule has 0 aromatic carbocycles. The van der Waals surface area contributed by atoms with Crippen LogP contribution in [0.4, 0.5) is 0 Å². The molecule has 1 aromatic heterocycles. The summed E-state index contributed by atoms with van der Waals surface area (Å²) in [6.07, 6.45) is 3.62. The van der Waals surface area contributed by atoms with E-state index in [-0.39, 0.29) is 0 Å². The average Bonchev–Trinajstić information content (AvgIpc) is 2.58. The van der Waals surface area contributed by atoms with Crippen LogP contribution in [0.1, 0.15) is 63.2 Å². The summed E-state index contributed by atoms with van der Waals surface area (Å²) in [6.45, 7) is 11.9. The van der Waals surface area contributed by atoms with Crippen LogP contribution in [0, 0.1) is 19.8 Å². The summed E-state index contributed by atoms with van der Waals surface area (Å²) >= 11 is 0. The Kier molecular flexibility index (Phi) is 5.76. The van der Waals surface area contributed by atoms with Crippen molar-refractivity contribution >= 4 is 0 Å². The normalized spacial score (nSPS) is 13.3.